The van der Waals surface area contributed by atoms with Gasteiger partial charge in [-0.1, -0.05) is 6.92 Å². The Morgan fingerprint density at radius 1 is 1.50 bits per heavy atom. The largest absolute Gasteiger partial charge is 0.461 e. The van der Waals surface area contributed by atoms with Crippen molar-refractivity contribution in [3.05, 3.63) is 0 Å². The molecule has 1 heterocycles. The van der Waals surface area contributed by atoms with Gasteiger partial charge in [-0.05, 0) is 13.3 Å². The molecule has 0 saturated carbocycles. The molecule has 4 heteroatoms. The van der Waals surface area contributed by atoms with E-state index in [9.17, 15) is 14.4 Å². The van der Waals surface area contributed by atoms with Crippen molar-refractivity contribution in [3.8, 4) is 0 Å². The summed E-state index contributed by atoms with van der Waals surface area (Å²) in [7, 11) is 0. The molecule has 0 N–H and O–H groups in total. The Kier molecular flexibility index (Phi) is 3.38. The van der Waals surface area contributed by atoms with Crippen LogP contribution in [0, 0.1) is 5.92 Å². The van der Waals surface area contributed by atoms with E-state index in [2.05, 4.69) is 0 Å². The molecule has 0 bridgehead atoms. The quantitative estimate of drug-likeness (QED) is 0.499. The second-order valence-electron chi connectivity index (χ2n) is 3.57. The Bertz CT molecular complexity index is 240. The summed E-state index contributed by atoms with van der Waals surface area (Å²) in [5.41, 5.74) is 0. The maximum absolute atomic E-state index is 11.4. The van der Waals surface area contributed by atoms with Crippen LogP contribution < -0.4 is 0 Å². The van der Waals surface area contributed by atoms with Crippen molar-refractivity contribution >= 4 is 17.5 Å². The number of hydrogen-bond donors (Lipinski definition) is 0. The summed E-state index contributed by atoms with van der Waals surface area (Å²) in [5.74, 6) is -2.43. The first-order valence-corrected chi connectivity index (χ1v) is 4.82. The number of esters is 1. The minimum atomic E-state index is -1.15. The second kappa shape index (κ2) is 4.35. The summed E-state index contributed by atoms with van der Waals surface area (Å²) in [4.78, 5) is 34.1. The third kappa shape index (κ3) is 2.19. The van der Waals surface area contributed by atoms with Crippen LogP contribution in [-0.4, -0.2) is 23.6 Å². The molecule has 0 aromatic heterocycles. The van der Waals surface area contributed by atoms with Gasteiger partial charge in [0, 0.05) is 12.8 Å². The van der Waals surface area contributed by atoms with Crippen LogP contribution in [0.5, 0.6) is 0 Å². The van der Waals surface area contributed by atoms with Crippen molar-refractivity contribution < 1.29 is 19.1 Å². The van der Waals surface area contributed by atoms with Crippen LogP contribution in [0.15, 0.2) is 0 Å². The van der Waals surface area contributed by atoms with Gasteiger partial charge in [0.25, 0.3) is 0 Å². The van der Waals surface area contributed by atoms with Gasteiger partial charge in [-0.25, -0.2) is 0 Å². The Hall–Kier alpha value is -1.19. The van der Waals surface area contributed by atoms with Crippen molar-refractivity contribution in [2.45, 2.75) is 39.2 Å². The molecule has 0 aromatic carbocycles. The number of rotatable bonds is 3. The summed E-state index contributed by atoms with van der Waals surface area (Å²) in [6.45, 7) is 3.48. The van der Waals surface area contributed by atoms with E-state index in [-0.39, 0.29) is 30.5 Å². The molecule has 2 atom stereocenters. The second-order valence-corrected chi connectivity index (χ2v) is 3.57. The highest BCUT2D eigenvalue weighted by atomic mass is 16.5. The standard InChI is InChI=1S/C10H14O4/c1-3-4-7(11)9-8(12)5-6(2)14-10(9)13/h6,9H,3-5H2,1-2H3. The summed E-state index contributed by atoms with van der Waals surface area (Å²) >= 11 is 0. The Balaban J connectivity index is 2.72. The zero-order valence-corrected chi connectivity index (χ0v) is 8.41. The molecule has 1 rings (SSSR count). The van der Waals surface area contributed by atoms with Gasteiger partial charge in [-0.2, -0.15) is 0 Å². The third-order valence-electron chi connectivity index (χ3n) is 2.18. The van der Waals surface area contributed by atoms with Gasteiger partial charge in [0.2, 0.25) is 0 Å². The van der Waals surface area contributed by atoms with Crippen LogP contribution in [0.1, 0.15) is 33.1 Å². The number of Topliss-reactive ketones (excluding diaryl/α,β-unsaturated/α-hetero) is 2. The lowest BCUT2D eigenvalue weighted by molar-refractivity contribution is -0.165. The number of hydrogen-bond acceptors (Lipinski definition) is 4. The molecule has 78 valence electrons. The molecule has 0 aliphatic carbocycles. The fourth-order valence-corrected chi connectivity index (χ4v) is 1.54. The lowest BCUT2D eigenvalue weighted by atomic mass is 9.91. The lowest BCUT2D eigenvalue weighted by Crippen LogP contribution is -2.41. The monoisotopic (exact) mass is 198 g/mol. The molecule has 1 fully saturated rings. The molecule has 1 saturated heterocycles. The Labute approximate surface area is 82.6 Å². The first-order chi connectivity index (χ1) is 6.56. The van der Waals surface area contributed by atoms with Crippen LogP contribution in [0.25, 0.3) is 0 Å². The van der Waals surface area contributed by atoms with Gasteiger partial charge in [-0.3, -0.25) is 14.4 Å². The third-order valence-corrected chi connectivity index (χ3v) is 2.18. The van der Waals surface area contributed by atoms with Crippen molar-refractivity contribution in [1.82, 2.24) is 0 Å². The van der Waals surface area contributed by atoms with E-state index >= 15 is 0 Å². The molecule has 0 amide bonds. The van der Waals surface area contributed by atoms with Gasteiger partial charge in [-0.15, -0.1) is 0 Å². The van der Waals surface area contributed by atoms with Gasteiger partial charge < -0.3 is 4.74 Å². The molecular formula is C10H14O4. The van der Waals surface area contributed by atoms with E-state index in [1.54, 1.807) is 6.92 Å². The molecule has 0 spiro atoms. The molecule has 0 aromatic rings. The van der Waals surface area contributed by atoms with Gasteiger partial charge in [0.1, 0.15) is 6.10 Å². The van der Waals surface area contributed by atoms with E-state index in [0.717, 1.165) is 0 Å². The summed E-state index contributed by atoms with van der Waals surface area (Å²) < 4.78 is 4.86. The summed E-state index contributed by atoms with van der Waals surface area (Å²) in [6.07, 6.45) is 0.678. The number of carbonyl (C=O) groups excluding carboxylic acids is 3. The molecule has 1 aliphatic rings. The summed E-state index contributed by atoms with van der Waals surface area (Å²) in [5, 5.41) is 0. The van der Waals surface area contributed by atoms with E-state index in [0.29, 0.717) is 6.42 Å². The van der Waals surface area contributed by atoms with Crippen LogP contribution in [0.3, 0.4) is 0 Å². The summed E-state index contributed by atoms with van der Waals surface area (Å²) in [6, 6.07) is 0. The van der Waals surface area contributed by atoms with Crippen LogP contribution >= 0.6 is 0 Å². The molecule has 2 unspecified atom stereocenters. The molecule has 4 nitrogen and oxygen atoms in total. The lowest BCUT2D eigenvalue weighted by Gasteiger charge is -2.23. The highest BCUT2D eigenvalue weighted by Crippen LogP contribution is 2.19. The molecular weight excluding hydrogens is 184 g/mol. The molecule has 14 heavy (non-hydrogen) atoms. The topological polar surface area (TPSA) is 60.4 Å². The SMILES string of the molecule is CCCC(=O)C1C(=O)CC(C)OC1=O. The highest BCUT2D eigenvalue weighted by Gasteiger charge is 2.39. The average Bonchev–Trinajstić information content (AvgIpc) is 2.01. The fourth-order valence-electron chi connectivity index (χ4n) is 1.54. The Morgan fingerprint density at radius 3 is 2.64 bits per heavy atom. The number of ketones is 2. The van der Waals surface area contributed by atoms with Gasteiger partial charge in [0.05, 0.1) is 0 Å². The Morgan fingerprint density at radius 2 is 2.14 bits per heavy atom. The first kappa shape index (κ1) is 10.9. The normalized spacial score (nSPS) is 27.3. The van der Waals surface area contributed by atoms with Crippen LogP contribution in [-0.2, 0) is 19.1 Å². The predicted molar refractivity (Wildman–Crippen MR) is 48.6 cm³/mol. The maximum atomic E-state index is 11.4. The maximum Gasteiger partial charge on any atom is 0.324 e. The molecule has 0 radical (unpaired) electrons. The molecule has 1 aliphatic heterocycles. The van der Waals surface area contributed by atoms with E-state index in [1.165, 1.54) is 0 Å². The van der Waals surface area contributed by atoms with Crippen molar-refractivity contribution in [2.24, 2.45) is 5.92 Å². The average molecular weight is 198 g/mol. The van der Waals surface area contributed by atoms with Gasteiger partial charge in [0.15, 0.2) is 17.5 Å². The minimum absolute atomic E-state index is 0.159. The first-order valence-electron chi connectivity index (χ1n) is 4.82. The van der Waals surface area contributed by atoms with Crippen molar-refractivity contribution in [1.29, 1.82) is 0 Å². The predicted octanol–water partition coefficient (Wildman–Crippen LogP) is 0.876. The van der Waals surface area contributed by atoms with E-state index in [1.807, 2.05) is 6.92 Å². The smallest absolute Gasteiger partial charge is 0.324 e. The number of carbonyl (C=O) groups is 3. The number of cyclic esters (lactones) is 1. The van der Waals surface area contributed by atoms with Crippen molar-refractivity contribution in [3.63, 3.8) is 0 Å². The number of ether oxygens (including phenoxy) is 1. The van der Waals surface area contributed by atoms with Crippen molar-refractivity contribution in [2.75, 3.05) is 0 Å². The zero-order chi connectivity index (χ0) is 10.7. The fraction of sp³-hybridized carbons (Fsp3) is 0.700. The minimum Gasteiger partial charge on any atom is -0.461 e. The van der Waals surface area contributed by atoms with Crippen LogP contribution in [0.4, 0.5) is 0 Å². The van der Waals surface area contributed by atoms with Crippen LogP contribution in [0.2, 0.25) is 0 Å². The van der Waals surface area contributed by atoms with E-state index < -0.39 is 11.9 Å². The van der Waals surface area contributed by atoms with Gasteiger partial charge >= 0.3 is 5.97 Å². The highest BCUT2D eigenvalue weighted by molar-refractivity contribution is 6.18. The zero-order valence-electron chi connectivity index (χ0n) is 8.41. The van der Waals surface area contributed by atoms with E-state index in [4.69, 9.17) is 4.74 Å².